The highest BCUT2D eigenvalue weighted by Crippen LogP contribution is 2.24. The van der Waals surface area contributed by atoms with Gasteiger partial charge in [-0.2, -0.15) is 0 Å². The summed E-state index contributed by atoms with van der Waals surface area (Å²) in [6.07, 6.45) is 0. The summed E-state index contributed by atoms with van der Waals surface area (Å²) < 4.78 is 0. The van der Waals surface area contributed by atoms with Crippen molar-refractivity contribution in [2.75, 3.05) is 11.1 Å². The average molecular weight is 326 g/mol. The number of rotatable bonds is 4. The van der Waals surface area contributed by atoms with Gasteiger partial charge in [-0.05, 0) is 42.8 Å². The van der Waals surface area contributed by atoms with Gasteiger partial charge in [-0.1, -0.05) is 35.3 Å². The number of carbonyl (C=O) groups excluding carboxylic acids is 1. The van der Waals surface area contributed by atoms with E-state index < -0.39 is 0 Å². The van der Waals surface area contributed by atoms with Crippen molar-refractivity contribution in [3.8, 4) is 0 Å². The van der Waals surface area contributed by atoms with E-state index in [9.17, 15) is 4.79 Å². The van der Waals surface area contributed by atoms with Crippen LogP contribution in [0.25, 0.3) is 0 Å². The lowest BCUT2D eigenvalue weighted by atomic mass is 10.2. The quantitative estimate of drug-likeness (QED) is 0.798. The summed E-state index contributed by atoms with van der Waals surface area (Å²) in [5, 5.41) is 4.01. The van der Waals surface area contributed by atoms with E-state index in [1.165, 1.54) is 11.8 Å². The Balaban J connectivity index is 1.92. The molecule has 0 aromatic heterocycles. The molecule has 2 aromatic rings. The topological polar surface area (TPSA) is 29.1 Å². The highest BCUT2D eigenvalue weighted by atomic mass is 35.5. The fourth-order valence-corrected chi connectivity index (χ4v) is 2.91. The standard InChI is InChI=1S/C15H13Cl2NOS/c1-10-5-6-14(13(17)7-10)18-15(19)9-20-12-4-2-3-11(16)8-12/h2-8H,9H2,1H3,(H,18,19). The maximum atomic E-state index is 11.9. The Labute approximate surface area is 132 Å². The largest absolute Gasteiger partial charge is 0.324 e. The van der Waals surface area contributed by atoms with Crippen molar-refractivity contribution < 1.29 is 4.79 Å². The maximum absolute atomic E-state index is 11.9. The summed E-state index contributed by atoms with van der Waals surface area (Å²) in [4.78, 5) is 12.8. The summed E-state index contributed by atoms with van der Waals surface area (Å²) in [5.74, 6) is 0.214. The van der Waals surface area contributed by atoms with Crippen LogP contribution in [0.5, 0.6) is 0 Å². The second-order valence-corrected chi connectivity index (χ2v) is 6.17. The molecule has 0 atom stereocenters. The number of anilines is 1. The van der Waals surface area contributed by atoms with Crippen LogP contribution in [0.4, 0.5) is 5.69 Å². The summed E-state index contributed by atoms with van der Waals surface area (Å²) in [6, 6.07) is 12.9. The Bertz CT molecular complexity index is 631. The van der Waals surface area contributed by atoms with Crippen molar-refractivity contribution in [2.45, 2.75) is 11.8 Å². The van der Waals surface area contributed by atoms with Gasteiger partial charge in [0.25, 0.3) is 0 Å². The normalized spacial score (nSPS) is 10.3. The Kier molecular flexibility index (Phi) is 5.35. The summed E-state index contributed by atoms with van der Waals surface area (Å²) in [7, 11) is 0. The van der Waals surface area contributed by atoms with Crippen LogP contribution < -0.4 is 5.32 Å². The molecule has 0 saturated heterocycles. The molecule has 0 unspecified atom stereocenters. The molecule has 0 radical (unpaired) electrons. The predicted octanol–water partition coefficient (Wildman–Crippen LogP) is 5.03. The zero-order valence-corrected chi connectivity index (χ0v) is 13.1. The van der Waals surface area contributed by atoms with Gasteiger partial charge in [0.05, 0.1) is 16.5 Å². The first kappa shape index (κ1) is 15.2. The highest BCUT2D eigenvalue weighted by Gasteiger charge is 2.07. The second-order valence-electron chi connectivity index (χ2n) is 4.28. The predicted molar refractivity (Wildman–Crippen MR) is 87.0 cm³/mol. The molecule has 0 heterocycles. The lowest BCUT2D eigenvalue weighted by Gasteiger charge is -2.08. The van der Waals surface area contributed by atoms with Gasteiger partial charge in [0.15, 0.2) is 0 Å². The fourth-order valence-electron chi connectivity index (χ4n) is 1.61. The van der Waals surface area contributed by atoms with Crippen molar-refractivity contribution in [3.63, 3.8) is 0 Å². The molecule has 1 amide bonds. The van der Waals surface area contributed by atoms with Gasteiger partial charge in [-0.15, -0.1) is 11.8 Å². The number of thioether (sulfide) groups is 1. The molecule has 0 bridgehead atoms. The first-order chi connectivity index (χ1) is 9.54. The van der Waals surface area contributed by atoms with Crippen LogP contribution >= 0.6 is 35.0 Å². The molecule has 0 fully saturated rings. The van der Waals surface area contributed by atoms with Gasteiger partial charge in [0.2, 0.25) is 5.91 Å². The number of halogens is 2. The Morgan fingerprint density at radius 2 is 2.00 bits per heavy atom. The monoisotopic (exact) mass is 325 g/mol. The average Bonchev–Trinajstić information content (AvgIpc) is 2.40. The minimum atomic E-state index is -0.0965. The van der Waals surface area contributed by atoms with E-state index in [1.54, 1.807) is 12.1 Å². The Hall–Kier alpha value is -1.16. The molecular weight excluding hydrogens is 313 g/mol. The molecule has 2 rings (SSSR count). The molecule has 0 aliphatic heterocycles. The minimum absolute atomic E-state index is 0.0965. The summed E-state index contributed by atoms with van der Waals surface area (Å²) >= 11 is 13.4. The molecule has 0 aliphatic carbocycles. The van der Waals surface area contributed by atoms with E-state index in [0.29, 0.717) is 21.5 Å². The summed E-state index contributed by atoms with van der Waals surface area (Å²) in [5.41, 5.74) is 1.69. The number of hydrogen-bond donors (Lipinski definition) is 1. The van der Waals surface area contributed by atoms with E-state index in [-0.39, 0.29) is 5.91 Å². The van der Waals surface area contributed by atoms with Gasteiger partial charge in [-0.25, -0.2) is 0 Å². The van der Waals surface area contributed by atoms with Crippen LogP contribution in [-0.4, -0.2) is 11.7 Å². The number of hydrogen-bond acceptors (Lipinski definition) is 2. The molecule has 5 heteroatoms. The number of amides is 1. The lowest BCUT2D eigenvalue weighted by molar-refractivity contribution is -0.113. The third kappa shape index (κ3) is 4.44. The zero-order chi connectivity index (χ0) is 14.5. The molecule has 2 nitrogen and oxygen atoms in total. The van der Waals surface area contributed by atoms with Crippen LogP contribution in [0.15, 0.2) is 47.4 Å². The Morgan fingerprint density at radius 1 is 1.20 bits per heavy atom. The SMILES string of the molecule is Cc1ccc(NC(=O)CSc2cccc(Cl)c2)c(Cl)c1. The van der Waals surface area contributed by atoms with Crippen LogP contribution in [0.1, 0.15) is 5.56 Å². The second kappa shape index (κ2) is 7.02. The molecule has 1 N–H and O–H groups in total. The molecule has 2 aromatic carbocycles. The minimum Gasteiger partial charge on any atom is -0.324 e. The number of benzene rings is 2. The van der Waals surface area contributed by atoms with Crippen LogP contribution in [0.2, 0.25) is 10.0 Å². The number of carbonyl (C=O) groups is 1. The van der Waals surface area contributed by atoms with E-state index in [2.05, 4.69) is 5.32 Å². The van der Waals surface area contributed by atoms with Gasteiger partial charge >= 0.3 is 0 Å². The molecular formula is C15H13Cl2NOS. The molecule has 20 heavy (non-hydrogen) atoms. The smallest absolute Gasteiger partial charge is 0.234 e. The maximum Gasteiger partial charge on any atom is 0.234 e. The Morgan fingerprint density at radius 3 is 2.70 bits per heavy atom. The van der Waals surface area contributed by atoms with Crippen molar-refractivity contribution in [3.05, 3.63) is 58.1 Å². The molecule has 0 aliphatic rings. The molecule has 0 saturated carbocycles. The third-order valence-electron chi connectivity index (χ3n) is 2.56. The van der Waals surface area contributed by atoms with Gasteiger partial charge in [0.1, 0.15) is 0 Å². The third-order valence-corrected chi connectivity index (χ3v) is 4.11. The number of aryl methyl sites for hydroxylation is 1. The van der Waals surface area contributed by atoms with E-state index in [1.807, 2.05) is 37.3 Å². The molecule has 104 valence electrons. The first-order valence-electron chi connectivity index (χ1n) is 5.99. The van der Waals surface area contributed by atoms with Gasteiger partial charge in [-0.3, -0.25) is 4.79 Å². The highest BCUT2D eigenvalue weighted by molar-refractivity contribution is 8.00. The summed E-state index contributed by atoms with van der Waals surface area (Å²) in [6.45, 7) is 1.95. The molecule has 0 spiro atoms. The first-order valence-corrected chi connectivity index (χ1v) is 7.73. The lowest BCUT2D eigenvalue weighted by Crippen LogP contribution is -2.14. The van der Waals surface area contributed by atoms with Crippen LogP contribution in [0.3, 0.4) is 0 Å². The van der Waals surface area contributed by atoms with E-state index >= 15 is 0 Å². The van der Waals surface area contributed by atoms with Gasteiger partial charge < -0.3 is 5.32 Å². The van der Waals surface area contributed by atoms with Crippen LogP contribution in [-0.2, 0) is 4.79 Å². The van der Waals surface area contributed by atoms with Crippen molar-refractivity contribution in [1.29, 1.82) is 0 Å². The van der Waals surface area contributed by atoms with Crippen molar-refractivity contribution in [2.24, 2.45) is 0 Å². The zero-order valence-electron chi connectivity index (χ0n) is 10.8. The fraction of sp³-hybridized carbons (Fsp3) is 0.133. The van der Waals surface area contributed by atoms with Crippen molar-refractivity contribution >= 4 is 46.6 Å². The van der Waals surface area contributed by atoms with E-state index in [4.69, 9.17) is 23.2 Å². The van der Waals surface area contributed by atoms with E-state index in [0.717, 1.165) is 10.5 Å². The number of nitrogens with one attached hydrogen (secondary N) is 1. The van der Waals surface area contributed by atoms with Crippen molar-refractivity contribution in [1.82, 2.24) is 0 Å². The van der Waals surface area contributed by atoms with Gasteiger partial charge in [0, 0.05) is 9.92 Å². The van der Waals surface area contributed by atoms with Crippen LogP contribution in [0, 0.1) is 6.92 Å².